The Bertz CT molecular complexity index is 186. The summed E-state index contributed by atoms with van der Waals surface area (Å²) in [5, 5.41) is 0. The van der Waals surface area contributed by atoms with Gasteiger partial charge in [-0.3, -0.25) is 4.99 Å². The minimum atomic E-state index is 0.660. The van der Waals surface area contributed by atoms with Gasteiger partial charge in [-0.05, 0) is 25.1 Å². The van der Waals surface area contributed by atoms with E-state index in [1.165, 1.54) is 44.2 Å². The number of nitrogens with zero attached hydrogens (tertiary/aromatic N) is 1. The number of rotatable bonds is 2. The summed E-state index contributed by atoms with van der Waals surface area (Å²) >= 11 is 0. The predicted octanol–water partition coefficient (Wildman–Crippen LogP) is 2.50. The van der Waals surface area contributed by atoms with Gasteiger partial charge in [0.05, 0.1) is 0 Å². The molecule has 1 aliphatic rings. The van der Waals surface area contributed by atoms with Gasteiger partial charge in [0, 0.05) is 18.7 Å². The molecule has 0 saturated heterocycles. The van der Waals surface area contributed by atoms with Crippen LogP contribution in [0.4, 0.5) is 0 Å². The van der Waals surface area contributed by atoms with Gasteiger partial charge in [0.1, 0.15) is 0 Å². The smallest absolute Gasteiger partial charge is 0.0390 e. The van der Waals surface area contributed by atoms with E-state index in [1.807, 2.05) is 13.1 Å². The lowest BCUT2D eigenvalue weighted by atomic mass is 9.94. The third-order valence-corrected chi connectivity index (χ3v) is 2.80. The molecule has 2 N–H and O–H groups in total. The Kier molecular flexibility index (Phi) is 4.58. The molecular weight excluding hydrogens is 160 g/mol. The summed E-state index contributed by atoms with van der Waals surface area (Å²) in [6.45, 7) is 0. The van der Waals surface area contributed by atoms with Gasteiger partial charge < -0.3 is 5.73 Å². The van der Waals surface area contributed by atoms with Crippen LogP contribution in [0, 0.1) is 5.92 Å². The fraction of sp³-hybridized carbons (Fsp3) is 0.727. The van der Waals surface area contributed by atoms with Crippen molar-refractivity contribution in [3.8, 4) is 0 Å². The molecule has 0 aromatic heterocycles. The first-order valence-electron chi connectivity index (χ1n) is 5.23. The Labute approximate surface area is 80.9 Å². The highest BCUT2D eigenvalue weighted by Crippen LogP contribution is 2.24. The molecule has 74 valence electrons. The van der Waals surface area contributed by atoms with Crippen LogP contribution in [0.5, 0.6) is 0 Å². The molecule has 0 spiro atoms. The standard InChI is InChI=1S/C11H20N2/c1-13-11(8-9-12)10-6-4-2-3-5-7-10/h8-10H,2-7,12H2,1H3. The Hall–Kier alpha value is -0.790. The lowest BCUT2D eigenvalue weighted by Gasteiger charge is -2.13. The number of hydrogen-bond donors (Lipinski definition) is 1. The molecule has 1 aliphatic carbocycles. The maximum Gasteiger partial charge on any atom is 0.0390 e. The van der Waals surface area contributed by atoms with Crippen LogP contribution < -0.4 is 5.73 Å². The highest BCUT2D eigenvalue weighted by molar-refractivity contribution is 5.96. The fourth-order valence-corrected chi connectivity index (χ4v) is 2.07. The maximum absolute atomic E-state index is 5.39. The first kappa shape index (κ1) is 10.3. The van der Waals surface area contributed by atoms with Crippen molar-refractivity contribution in [2.24, 2.45) is 16.6 Å². The van der Waals surface area contributed by atoms with Crippen LogP contribution in [0.1, 0.15) is 38.5 Å². The third-order valence-electron chi connectivity index (χ3n) is 2.80. The molecule has 0 aromatic carbocycles. The summed E-state index contributed by atoms with van der Waals surface area (Å²) < 4.78 is 0. The van der Waals surface area contributed by atoms with Gasteiger partial charge in [0.25, 0.3) is 0 Å². The zero-order valence-electron chi connectivity index (χ0n) is 8.50. The Balaban J connectivity index is 2.56. The Morgan fingerprint density at radius 2 is 1.85 bits per heavy atom. The second-order valence-corrected chi connectivity index (χ2v) is 3.70. The van der Waals surface area contributed by atoms with Crippen LogP contribution >= 0.6 is 0 Å². The highest BCUT2D eigenvalue weighted by atomic mass is 14.7. The van der Waals surface area contributed by atoms with Gasteiger partial charge in [-0.1, -0.05) is 25.7 Å². The molecule has 0 atom stereocenters. The summed E-state index contributed by atoms with van der Waals surface area (Å²) in [4.78, 5) is 4.29. The monoisotopic (exact) mass is 180 g/mol. The lowest BCUT2D eigenvalue weighted by Crippen LogP contribution is -2.11. The average molecular weight is 180 g/mol. The summed E-state index contributed by atoms with van der Waals surface area (Å²) in [6.07, 6.45) is 11.6. The predicted molar refractivity (Wildman–Crippen MR) is 57.9 cm³/mol. The molecule has 2 heteroatoms. The molecule has 0 bridgehead atoms. The van der Waals surface area contributed by atoms with E-state index in [1.54, 1.807) is 6.20 Å². The van der Waals surface area contributed by atoms with Crippen molar-refractivity contribution in [3.63, 3.8) is 0 Å². The van der Waals surface area contributed by atoms with Crippen LogP contribution in [0.25, 0.3) is 0 Å². The minimum absolute atomic E-state index is 0.660. The Morgan fingerprint density at radius 1 is 1.23 bits per heavy atom. The SMILES string of the molecule is CN=C(C=CN)C1CCCCCC1. The first-order valence-corrected chi connectivity index (χ1v) is 5.23. The van der Waals surface area contributed by atoms with Gasteiger partial charge in [0.15, 0.2) is 0 Å². The van der Waals surface area contributed by atoms with Gasteiger partial charge in [-0.15, -0.1) is 0 Å². The van der Waals surface area contributed by atoms with Crippen LogP contribution in [0.15, 0.2) is 17.3 Å². The van der Waals surface area contributed by atoms with Crippen LogP contribution in [-0.4, -0.2) is 12.8 Å². The summed E-state index contributed by atoms with van der Waals surface area (Å²) in [6, 6.07) is 0. The molecule has 13 heavy (non-hydrogen) atoms. The lowest BCUT2D eigenvalue weighted by molar-refractivity contribution is 0.592. The zero-order valence-corrected chi connectivity index (χ0v) is 8.50. The van der Waals surface area contributed by atoms with Crippen molar-refractivity contribution >= 4 is 5.71 Å². The topological polar surface area (TPSA) is 38.4 Å². The first-order chi connectivity index (χ1) is 6.38. The van der Waals surface area contributed by atoms with Gasteiger partial charge in [0.2, 0.25) is 0 Å². The van der Waals surface area contributed by atoms with Crippen LogP contribution in [-0.2, 0) is 0 Å². The molecule has 0 radical (unpaired) electrons. The molecule has 1 fully saturated rings. The van der Waals surface area contributed by atoms with E-state index in [0.29, 0.717) is 5.92 Å². The van der Waals surface area contributed by atoms with Gasteiger partial charge in [-0.2, -0.15) is 0 Å². The van der Waals surface area contributed by atoms with Crippen LogP contribution in [0.3, 0.4) is 0 Å². The van der Waals surface area contributed by atoms with E-state index in [-0.39, 0.29) is 0 Å². The summed E-state index contributed by atoms with van der Waals surface area (Å²) in [5.74, 6) is 0.660. The van der Waals surface area contributed by atoms with Gasteiger partial charge >= 0.3 is 0 Å². The maximum atomic E-state index is 5.39. The molecular formula is C11H20N2. The van der Waals surface area contributed by atoms with Crippen molar-refractivity contribution in [2.45, 2.75) is 38.5 Å². The van der Waals surface area contributed by atoms with Crippen molar-refractivity contribution in [3.05, 3.63) is 12.3 Å². The molecule has 0 aliphatic heterocycles. The fourth-order valence-electron chi connectivity index (χ4n) is 2.07. The third kappa shape index (κ3) is 3.21. The van der Waals surface area contributed by atoms with E-state index in [0.717, 1.165) is 0 Å². The summed E-state index contributed by atoms with van der Waals surface area (Å²) in [5.41, 5.74) is 6.57. The number of allylic oxidation sites excluding steroid dienone is 1. The van der Waals surface area contributed by atoms with Crippen molar-refractivity contribution in [2.75, 3.05) is 7.05 Å². The van der Waals surface area contributed by atoms with Crippen molar-refractivity contribution < 1.29 is 0 Å². The molecule has 1 saturated carbocycles. The minimum Gasteiger partial charge on any atom is -0.405 e. The van der Waals surface area contributed by atoms with E-state index in [4.69, 9.17) is 5.73 Å². The molecule has 0 aromatic rings. The van der Waals surface area contributed by atoms with E-state index < -0.39 is 0 Å². The van der Waals surface area contributed by atoms with Gasteiger partial charge in [-0.25, -0.2) is 0 Å². The molecule has 0 heterocycles. The molecule has 0 unspecified atom stereocenters. The normalized spacial score (nSPS) is 22.1. The Morgan fingerprint density at radius 3 is 2.31 bits per heavy atom. The van der Waals surface area contributed by atoms with Crippen LogP contribution in [0.2, 0.25) is 0 Å². The quantitative estimate of drug-likeness (QED) is 0.514. The summed E-state index contributed by atoms with van der Waals surface area (Å²) in [7, 11) is 1.86. The zero-order chi connectivity index (χ0) is 9.52. The number of hydrogen-bond acceptors (Lipinski definition) is 2. The highest BCUT2D eigenvalue weighted by Gasteiger charge is 2.15. The van der Waals surface area contributed by atoms with E-state index in [2.05, 4.69) is 4.99 Å². The second kappa shape index (κ2) is 5.79. The number of aliphatic imine (C=N–C) groups is 1. The average Bonchev–Trinajstić information content (AvgIpc) is 2.42. The van der Waals surface area contributed by atoms with E-state index >= 15 is 0 Å². The largest absolute Gasteiger partial charge is 0.405 e. The molecule has 1 rings (SSSR count). The molecule has 2 nitrogen and oxygen atoms in total. The molecule has 0 amide bonds. The second-order valence-electron chi connectivity index (χ2n) is 3.70. The van der Waals surface area contributed by atoms with Crippen molar-refractivity contribution in [1.29, 1.82) is 0 Å². The van der Waals surface area contributed by atoms with E-state index in [9.17, 15) is 0 Å². The number of nitrogens with two attached hydrogens (primary N) is 1. The van der Waals surface area contributed by atoms with Crippen molar-refractivity contribution in [1.82, 2.24) is 0 Å².